The molecule has 0 aliphatic rings. The van der Waals surface area contributed by atoms with Crippen molar-refractivity contribution in [3.8, 4) is 11.3 Å². The Hall–Kier alpha value is -2.54. The Bertz CT molecular complexity index is 871. The monoisotopic (exact) mass is 344 g/mol. The number of carbonyl (C=O) groups is 1. The molecule has 3 rings (SSSR count). The maximum Gasteiger partial charge on any atom is 0.269 e. The molecule has 0 atom stereocenters. The number of hydrogen-bond acceptors (Lipinski definition) is 4. The van der Waals surface area contributed by atoms with Gasteiger partial charge in [0.15, 0.2) is 0 Å². The topological polar surface area (TPSA) is 70.7 Å². The van der Waals surface area contributed by atoms with E-state index in [4.69, 9.17) is 0 Å². The fraction of sp³-hybridized carbons (Fsp3) is 0.235. The van der Waals surface area contributed by atoms with Crippen LogP contribution in [0.25, 0.3) is 11.3 Å². The van der Waals surface area contributed by atoms with Gasteiger partial charge in [-0.2, -0.15) is 5.10 Å². The molecule has 5 nitrogen and oxygen atoms in total. The summed E-state index contributed by atoms with van der Waals surface area (Å²) in [5, 5.41) is 12.7. The van der Waals surface area contributed by atoms with Crippen LogP contribution < -0.4 is 5.32 Å². The van der Waals surface area contributed by atoms with Crippen LogP contribution in [0.5, 0.6) is 0 Å². The van der Waals surface area contributed by atoms with Gasteiger partial charge in [-0.3, -0.25) is 9.89 Å². The minimum absolute atomic E-state index is 0.223. The van der Waals surface area contributed by atoms with Gasteiger partial charge in [-0.15, -0.1) is 11.3 Å². The van der Waals surface area contributed by atoms with Gasteiger partial charge in [0.25, 0.3) is 5.91 Å². The lowest BCUT2D eigenvalue weighted by atomic mass is 10.1. The van der Waals surface area contributed by atoms with Gasteiger partial charge >= 0.3 is 0 Å². The molecule has 0 fully saturated rings. The summed E-state index contributed by atoms with van der Waals surface area (Å²) in [7, 11) is 0. The number of rotatable bonds is 5. The molecule has 1 aromatic carbocycles. The molecule has 24 heavy (non-hydrogen) atoms. The van der Waals surface area contributed by atoms with Crippen molar-refractivity contribution in [2.75, 3.05) is 6.54 Å². The zero-order chi connectivity index (χ0) is 17.1. The van der Waals surface area contributed by atoms with Crippen LogP contribution in [0.15, 0.2) is 29.6 Å². The highest BCUT2D eigenvalue weighted by molar-refractivity contribution is 7.09. The standard InChI is InChI=1S/C17H17FN4OS/c1-10-7-12(3-4-14(10)18)15-8-16(22-21-15)17(23)19-6-5-13-9-24-11(2)20-13/h3-4,7-9H,5-6H2,1-2H3,(H,19,23)(H,21,22). The second kappa shape index (κ2) is 6.92. The first-order valence-electron chi connectivity index (χ1n) is 7.54. The third-order valence-electron chi connectivity index (χ3n) is 3.61. The van der Waals surface area contributed by atoms with Gasteiger partial charge in [0.05, 0.1) is 16.4 Å². The normalized spacial score (nSPS) is 10.8. The SMILES string of the molecule is Cc1nc(CCNC(=O)c2cc(-c3ccc(F)c(C)c3)n[nH]2)cs1. The zero-order valence-electron chi connectivity index (χ0n) is 13.4. The predicted octanol–water partition coefficient (Wildman–Crippen LogP) is 3.26. The molecule has 7 heteroatoms. The molecule has 1 amide bonds. The lowest BCUT2D eigenvalue weighted by Gasteiger charge is -2.01. The number of benzene rings is 1. The summed E-state index contributed by atoms with van der Waals surface area (Å²) >= 11 is 1.60. The lowest BCUT2D eigenvalue weighted by Crippen LogP contribution is -2.26. The lowest BCUT2D eigenvalue weighted by molar-refractivity contribution is 0.0949. The Kier molecular flexibility index (Phi) is 4.71. The van der Waals surface area contributed by atoms with Crippen molar-refractivity contribution in [1.82, 2.24) is 20.5 Å². The van der Waals surface area contributed by atoms with E-state index in [-0.39, 0.29) is 11.7 Å². The molecule has 0 unspecified atom stereocenters. The number of aryl methyl sites for hydroxylation is 2. The molecule has 0 bridgehead atoms. The van der Waals surface area contributed by atoms with Crippen LogP contribution >= 0.6 is 11.3 Å². The van der Waals surface area contributed by atoms with Crippen LogP contribution in [-0.2, 0) is 6.42 Å². The molecule has 2 aromatic heterocycles. The van der Waals surface area contributed by atoms with Crippen molar-refractivity contribution < 1.29 is 9.18 Å². The summed E-state index contributed by atoms with van der Waals surface area (Å²) in [6.07, 6.45) is 0.689. The molecule has 0 aliphatic carbocycles. The van der Waals surface area contributed by atoms with Crippen LogP contribution in [0.1, 0.15) is 26.8 Å². The van der Waals surface area contributed by atoms with E-state index in [0.29, 0.717) is 29.9 Å². The Labute approximate surface area is 143 Å². The van der Waals surface area contributed by atoms with Crippen molar-refractivity contribution >= 4 is 17.2 Å². The Morgan fingerprint density at radius 1 is 1.33 bits per heavy atom. The van der Waals surface area contributed by atoms with E-state index in [1.54, 1.807) is 36.5 Å². The summed E-state index contributed by atoms with van der Waals surface area (Å²) in [5.74, 6) is -0.482. The van der Waals surface area contributed by atoms with Gasteiger partial charge in [-0.05, 0) is 43.7 Å². The second-order valence-corrected chi connectivity index (χ2v) is 6.56. The number of amides is 1. The van der Waals surface area contributed by atoms with E-state index in [2.05, 4.69) is 20.5 Å². The van der Waals surface area contributed by atoms with Gasteiger partial charge in [-0.25, -0.2) is 9.37 Å². The van der Waals surface area contributed by atoms with E-state index in [9.17, 15) is 9.18 Å². The Balaban J connectivity index is 1.61. The first-order valence-corrected chi connectivity index (χ1v) is 8.42. The maximum atomic E-state index is 13.3. The zero-order valence-corrected chi connectivity index (χ0v) is 14.2. The fourth-order valence-corrected chi connectivity index (χ4v) is 2.96. The van der Waals surface area contributed by atoms with Crippen LogP contribution in [0, 0.1) is 19.7 Å². The largest absolute Gasteiger partial charge is 0.350 e. The Morgan fingerprint density at radius 2 is 2.17 bits per heavy atom. The van der Waals surface area contributed by atoms with Gasteiger partial charge in [0.2, 0.25) is 0 Å². The molecule has 0 aliphatic heterocycles. The predicted molar refractivity (Wildman–Crippen MR) is 91.6 cm³/mol. The highest BCUT2D eigenvalue weighted by Crippen LogP contribution is 2.20. The number of H-pyrrole nitrogens is 1. The number of nitrogens with one attached hydrogen (secondary N) is 2. The fourth-order valence-electron chi connectivity index (χ4n) is 2.31. The number of carbonyl (C=O) groups excluding carboxylic acids is 1. The molecular formula is C17H17FN4OS. The minimum Gasteiger partial charge on any atom is -0.350 e. The van der Waals surface area contributed by atoms with Crippen molar-refractivity contribution in [3.63, 3.8) is 0 Å². The third-order valence-corrected chi connectivity index (χ3v) is 4.43. The Morgan fingerprint density at radius 3 is 2.88 bits per heavy atom. The van der Waals surface area contributed by atoms with Crippen LogP contribution in [-0.4, -0.2) is 27.6 Å². The number of thiazole rings is 1. The minimum atomic E-state index is -0.260. The molecule has 3 aromatic rings. The summed E-state index contributed by atoms with van der Waals surface area (Å²) in [4.78, 5) is 16.5. The first-order chi connectivity index (χ1) is 11.5. The summed E-state index contributed by atoms with van der Waals surface area (Å²) < 4.78 is 13.3. The molecule has 2 heterocycles. The molecule has 0 saturated carbocycles. The van der Waals surface area contributed by atoms with Gasteiger partial charge < -0.3 is 5.32 Å². The number of nitrogens with zero attached hydrogens (tertiary/aromatic N) is 2. The third kappa shape index (κ3) is 3.68. The smallest absolute Gasteiger partial charge is 0.269 e. The number of aromatic nitrogens is 3. The van der Waals surface area contributed by atoms with E-state index in [0.717, 1.165) is 16.3 Å². The summed E-state index contributed by atoms with van der Waals surface area (Å²) in [6, 6.07) is 6.41. The van der Waals surface area contributed by atoms with E-state index in [1.165, 1.54) is 6.07 Å². The number of halogens is 1. The molecule has 0 spiro atoms. The summed E-state index contributed by atoms with van der Waals surface area (Å²) in [5.41, 5.74) is 3.27. The van der Waals surface area contributed by atoms with Crippen LogP contribution in [0.4, 0.5) is 4.39 Å². The summed E-state index contributed by atoms with van der Waals surface area (Å²) in [6.45, 7) is 4.15. The molecule has 0 saturated heterocycles. The first kappa shape index (κ1) is 16.3. The average Bonchev–Trinajstić information content (AvgIpc) is 3.19. The van der Waals surface area contributed by atoms with Crippen molar-refractivity contribution in [2.45, 2.75) is 20.3 Å². The van der Waals surface area contributed by atoms with Gasteiger partial charge in [0, 0.05) is 23.9 Å². The van der Waals surface area contributed by atoms with Crippen LogP contribution in [0.3, 0.4) is 0 Å². The highest BCUT2D eigenvalue weighted by Gasteiger charge is 2.11. The van der Waals surface area contributed by atoms with E-state index in [1.807, 2.05) is 12.3 Å². The molecule has 2 N–H and O–H groups in total. The average molecular weight is 344 g/mol. The number of aromatic amines is 1. The van der Waals surface area contributed by atoms with Crippen molar-refractivity contribution in [1.29, 1.82) is 0 Å². The highest BCUT2D eigenvalue weighted by atomic mass is 32.1. The van der Waals surface area contributed by atoms with E-state index >= 15 is 0 Å². The quantitative estimate of drug-likeness (QED) is 0.746. The number of hydrogen-bond donors (Lipinski definition) is 2. The molecular weight excluding hydrogens is 327 g/mol. The van der Waals surface area contributed by atoms with Crippen molar-refractivity contribution in [2.24, 2.45) is 0 Å². The molecule has 0 radical (unpaired) electrons. The van der Waals surface area contributed by atoms with Gasteiger partial charge in [0.1, 0.15) is 11.5 Å². The maximum absolute atomic E-state index is 13.3. The van der Waals surface area contributed by atoms with E-state index < -0.39 is 0 Å². The van der Waals surface area contributed by atoms with Gasteiger partial charge in [-0.1, -0.05) is 0 Å². The second-order valence-electron chi connectivity index (χ2n) is 5.49. The molecule has 124 valence electrons. The van der Waals surface area contributed by atoms with Crippen molar-refractivity contribution in [3.05, 3.63) is 57.4 Å². The van der Waals surface area contributed by atoms with Crippen LogP contribution in [0.2, 0.25) is 0 Å².